The minimum atomic E-state index is -0.761. The number of methoxy groups -OCH3 is 1. The number of nitro benzene ring substituents is 1. The number of aldehydes is 1. The summed E-state index contributed by atoms with van der Waals surface area (Å²) in [5.41, 5.74) is -0.838. The predicted octanol–water partition coefficient (Wildman–Crippen LogP) is 1.62. The Balaban J connectivity index is 3.63. The van der Waals surface area contributed by atoms with E-state index in [0.717, 1.165) is 0 Å². The Bertz CT molecular complexity index is 467. The second-order valence-electron chi connectivity index (χ2n) is 3.01. The summed E-state index contributed by atoms with van der Waals surface area (Å²) in [6.45, 7) is 1.20. The minimum Gasteiger partial charge on any atom is -0.496 e. The van der Waals surface area contributed by atoms with Crippen LogP contribution >= 0.6 is 0 Å². The monoisotopic (exact) mass is 223 g/mol. The number of ketones is 1. The second-order valence-corrected chi connectivity index (χ2v) is 3.01. The van der Waals surface area contributed by atoms with E-state index in [-0.39, 0.29) is 16.9 Å². The molecule has 0 unspecified atom stereocenters. The van der Waals surface area contributed by atoms with Crippen molar-refractivity contribution in [3.8, 4) is 5.75 Å². The van der Waals surface area contributed by atoms with Gasteiger partial charge in [0.1, 0.15) is 11.3 Å². The maximum absolute atomic E-state index is 11.2. The van der Waals surface area contributed by atoms with Crippen molar-refractivity contribution in [3.63, 3.8) is 0 Å². The van der Waals surface area contributed by atoms with E-state index in [0.29, 0.717) is 6.29 Å². The highest BCUT2D eigenvalue weighted by atomic mass is 16.6. The van der Waals surface area contributed by atoms with Gasteiger partial charge in [0, 0.05) is 0 Å². The van der Waals surface area contributed by atoms with Crippen molar-refractivity contribution in [2.45, 2.75) is 6.92 Å². The lowest BCUT2D eigenvalue weighted by molar-refractivity contribution is -0.385. The summed E-state index contributed by atoms with van der Waals surface area (Å²) in [6.07, 6.45) is 0.309. The molecule has 0 bridgehead atoms. The van der Waals surface area contributed by atoms with E-state index in [9.17, 15) is 19.7 Å². The first-order valence-corrected chi connectivity index (χ1v) is 4.34. The average Bonchev–Trinajstić information content (AvgIpc) is 2.26. The largest absolute Gasteiger partial charge is 0.496 e. The Labute approximate surface area is 91.0 Å². The minimum absolute atomic E-state index is 0.0756. The van der Waals surface area contributed by atoms with Crippen molar-refractivity contribution in [2.75, 3.05) is 7.11 Å². The van der Waals surface area contributed by atoms with Crippen LogP contribution in [0.1, 0.15) is 27.6 Å². The number of hydrogen-bond acceptors (Lipinski definition) is 5. The van der Waals surface area contributed by atoms with E-state index in [1.165, 1.54) is 26.2 Å². The molecule has 0 radical (unpaired) electrons. The molecule has 1 rings (SSSR count). The summed E-state index contributed by atoms with van der Waals surface area (Å²) in [5.74, 6) is -0.399. The molecule has 16 heavy (non-hydrogen) atoms. The van der Waals surface area contributed by atoms with Gasteiger partial charge in [-0.15, -0.1) is 0 Å². The number of Topliss-reactive ketones (excluding diaryl/α,β-unsaturated/α-hetero) is 1. The molecule has 0 aromatic heterocycles. The first kappa shape index (κ1) is 11.8. The zero-order valence-electron chi connectivity index (χ0n) is 8.72. The molecule has 0 heterocycles. The Morgan fingerprint density at radius 1 is 1.50 bits per heavy atom. The average molecular weight is 223 g/mol. The molecule has 84 valence electrons. The Kier molecular flexibility index (Phi) is 3.34. The van der Waals surface area contributed by atoms with E-state index in [1.807, 2.05) is 0 Å². The number of ether oxygens (including phenoxy) is 1. The normalized spacial score (nSPS) is 9.62. The van der Waals surface area contributed by atoms with Crippen molar-refractivity contribution in [1.82, 2.24) is 0 Å². The molecular weight excluding hydrogens is 214 g/mol. The van der Waals surface area contributed by atoms with Crippen LogP contribution in [0.4, 0.5) is 5.69 Å². The molecule has 0 spiro atoms. The standard InChI is InChI=1S/C10H9NO5/c1-6(13)7-3-4-9(16-2)8(5-12)10(7)11(14)15/h3-5H,1-2H3. The molecule has 0 fully saturated rings. The van der Waals surface area contributed by atoms with Crippen molar-refractivity contribution < 1.29 is 19.2 Å². The summed E-state index contributed by atoms with van der Waals surface area (Å²) in [6, 6.07) is 2.62. The number of benzene rings is 1. The van der Waals surface area contributed by atoms with Gasteiger partial charge in [0.25, 0.3) is 5.69 Å². The zero-order chi connectivity index (χ0) is 12.3. The van der Waals surface area contributed by atoms with E-state index in [1.54, 1.807) is 0 Å². The molecular formula is C10H9NO5. The molecule has 0 aliphatic heterocycles. The van der Waals surface area contributed by atoms with E-state index in [2.05, 4.69) is 0 Å². The molecule has 0 amide bonds. The van der Waals surface area contributed by atoms with Crippen molar-refractivity contribution in [1.29, 1.82) is 0 Å². The zero-order valence-corrected chi connectivity index (χ0v) is 8.72. The summed E-state index contributed by atoms with van der Waals surface area (Å²) in [7, 11) is 1.29. The van der Waals surface area contributed by atoms with Crippen LogP contribution in [-0.2, 0) is 0 Å². The number of carbonyl (C=O) groups is 2. The van der Waals surface area contributed by atoms with Crippen LogP contribution in [0.25, 0.3) is 0 Å². The molecule has 0 atom stereocenters. The van der Waals surface area contributed by atoms with Crippen LogP contribution in [-0.4, -0.2) is 24.1 Å². The smallest absolute Gasteiger partial charge is 0.294 e. The fraction of sp³-hybridized carbons (Fsp3) is 0.200. The van der Waals surface area contributed by atoms with Crippen molar-refractivity contribution >= 4 is 17.8 Å². The van der Waals surface area contributed by atoms with Gasteiger partial charge in [-0.1, -0.05) is 0 Å². The summed E-state index contributed by atoms with van der Waals surface area (Å²) in [4.78, 5) is 32.0. The van der Waals surface area contributed by atoms with Gasteiger partial charge in [-0.05, 0) is 19.1 Å². The molecule has 1 aromatic carbocycles. The van der Waals surface area contributed by atoms with Gasteiger partial charge in [0.15, 0.2) is 12.1 Å². The van der Waals surface area contributed by atoms with Crippen LogP contribution in [0.5, 0.6) is 5.75 Å². The third-order valence-electron chi connectivity index (χ3n) is 2.08. The Hall–Kier alpha value is -2.24. The van der Waals surface area contributed by atoms with Gasteiger partial charge in [-0.3, -0.25) is 19.7 Å². The first-order valence-electron chi connectivity index (χ1n) is 4.34. The molecule has 0 N–H and O–H groups in total. The van der Waals surface area contributed by atoms with Gasteiger partial charge in [-0.25, -0.2) is 0 Å². The molecule has 0 saturated heterocycles. The highest BCUT2D eigenvalue weighted by Crippen LogP contribution is 2.30. The van der Waals surface area contributed by atoms with Gasteiger partial charge < -0.3 is 4.74 Å². The lowest BCUT2D eigenvalue weighted by atomic mass is 10.0. The SMILES string of the molecule is COc1ccc(C(C)=O)c([N+](=O)[O-])c1C=O. The van der Waals surface area contributed by atoms with Crippen LogP contribution in [0.3, 0.4) is 0 Å². The third-order valence-corrected chi connectivity index (χ3v) is 2.08. The molecule has 1 aromatic rings. The van der Waals surface area contributed by atoms with Gasteiger partial charge in [0.05, 0.1) is 17.6 Å². The maximum Gasteiger partial charge on any atom is 0.294 e. The predicted molar refractivity (Wildman–Crippen MR) is 55.0 cm³/mol. The van der Waals surface area contributed by atoms with Gasteiger partial charge >= 0.3 is 0 Å². The molecule has 0 aliphatic carbocycles. The Morgan fingerprint density at radius 3 is 2.50 bits per heavy atom. The molecule has 6 heteroatoms. The lowest BCUT2D eigenvalue weighted by Crippen LogP contribution is -2.05. The van der Waals surface area contributed by atoms with Crippen molar-refractivity contribution in [3.05, 3.63) is 33.4 Å². The van der Waals surface area contributed by atoms with Crippen LogP contribution < -0.4 is 4.74 Å². The second kappa shape index (κ2) is 4.52. The maximum atomic E-state index is 11.2. The summed E-state index contributed by atoms with van der Waals surface area (Å²) >= 11 is 0. The van der Waals surface area contributed by atoms with Crippen LogP contribution in [0.15, 0.2) is 12.1 Å². The molecule has 0 aliphatic rings. The van der Waals surface area contributed by atoms with Gasteiger partial charge in [-0.2, -0.15) is 0 Å². The number of nitrogens with zero attached hydrogens (tertiary/aromatic N) is 1. The highest BCUT2D eigenvalue weighted by Gasteiger charge is 2.25. The number of nitro groups is 1. The molecule has 6 nitrogen and oxygen atoms in total. The summed E-state index contributed by atoms with van der Waals surface area (Å²) < 4.78 is 4.81. The highest BCUT2D eigenvalue weighted by molar-refractivity contribution is 6.02. The Morgan fingerprint density at radius 2 is 2.12 bits per heavy atom. The fourth-order valence-corrected chi connectivity index (χ4v) is 1.36. The lowest BCUT2D eigenvalue weighted by Gasteiger charge is -2.06. The van der Waals surface area contributed by atoms with E-state index < -0.39 is 16.4 Å². The molecule has 0 saturated carbocycles. The van der Waals surface area contributed by atoms with E-state index in [4.69, 9.17) is 4.74 Å². The van der Waals surface area contributed by atoms with Crippen molar-refractivity contribution in [2.24, 2.45) is 0 Å². The topological polar surface area (TPSA) is 86.5 Å². The fourth-order valence-electron chi connectivity index (χ4n) is 1.36. The number of hydrogen-bond donors (Lipinski definition) is 0. The number of carbonyl (C=O) groups excluding carboxylic acids is 2. The van der Waals surface area contributed by atoms with Crippen LogP contribution in [0, 0.1) is 10.1 Å². The van der Waals surface area contributed by atoms with Crippen LogP contribution in [0.2, 0.25) is 0 Å². The summed E-state index contributed by atoms with van der Waals surface area (Å²) in [5, 5.41) is 10.8. The number of rotatable bonds is 4. The first-order chi connectivity index (χ1) is 7.52. The van der Waals surface area contributed by atoms with E-state index >= 15 is 0 Å². The quantitative estimate of drug-likeness (QED) is 0.335. The third kappa shape index (κ3) is 1.90. The van der Waals surface area contributed by atoms with Gasteiger partial charge in [0.2, 0.25) is 0 Å².